The van der Waals surface area contributed by atoms with Gasteiger partial charge in [-0.1, -0.05) is 329 Å². The molecule has 0 rings (SSSR count). The van der Waals surface area contributed by atoms with Crippen molar-refractivity contribution in [1.29, 1.82) is 0 Å². The van der Waals surface area contributed by atoms with Crippen LogP contribution < -0.4 is 0 Å². The number of aliphatic hydroxyl groups excluding tert-OH is 1. The minimum Gasteiger partial charge on any atom is -0.462 e. The molecule has 0 saturated carbocycles. The fourth-order valence-corrected chi connectivity index (χ4v) is 12.6. The van der Waals surface area contributed by atoms with Crippen molar-refractivity contribution < 1.29 is 80.2 Å². The molecule has 0 aliphatic rings. The summed E-state index contributed by atoms with van der Waals surface area (Å²) in [5.41, 5.74) is 0. The van der Waals surface area contributed by atoms with E-state index < -0.39 is 97.5 Å². The van der Waals surface area contributed by atoms with Gasteiger partial charge in [-0.15, -0.1) is 0 Å². The molecule has 0 radical (unpaired) electrons. The van der Waals surface area contributed by atoms with E-state index in [1.165, 1.54) is 193 Å². The number of aliphatic hydroxyl groups is 1. The summed E-state index contributed by atoms with van der Waals surface area (Å²) in [5.74, 6) is -2.14. The Hall–Kier alpha value is -1.94. The molecule has 0 spiro atoms. The number of esters is 4. The SMILES string of the molecule is CCCCCCCCCCCCCCCCCCCCCCCC(=O)O[C@H](COC(=O)CCCCCCCCCCCCCCCCCCCC)COP(=O)(O)OC[C@@H](O)COP(=O)(O)OC[C@@H](COC(=O)CCCCCCC)OC(=O)CCCCCCCCC. The van der Waals surface area contributed by atoms with E-state index in [4.69, 9.17) is 37.0 Å². The van der Waals surface area contributed by atoms with Gasteiger partial charge in [0.05, 0.1) is 26.4 Å². The molecule has 0 aromatic rings. The van der Waals surface area contributed by atoms with Gasteiger partial charge in [0.25, 0.3) is 0 Å². The summed E-state index contributed by atoms with van der Waals surface area (Å²) in [6.45, 7) is 4.82. The Kier molecular flexibility index (Phi) is 65.2. The quantitative estimate of drug-likeness (QED) is 0.0222. The highest BCUT2D eigenvalue weighted by atomic mass is 31.2. The van der Waals surface area contributed by atoms with Crippen LogP contribution in [-0.4, -0.2) is 96.7 Å². The van der Waals surface area contributed by atoms with E-state index >= 15 is 0 Å². The van der Waals surface area contributed by atoms with Crippen LogP contribution in [0.25, 0.3) is 0 Å². The maximum absolute atomic E-state index is 13.1. The molecule has 0 heterocycles. The second kappa shape index (κ2) is 66.7. The lowest BCUT2D eigenvalue weighted by Gasteiger charge is -2.21. The summed E-state index contributed by atoms with van der Waals surface area (Å²) < 4.78 is 68.0. The maximum atomic E-state index is 13.1. The van der Waals surface area contributed by atoms with Crippen LogP contribution >= 0.6 is 15.6 Å². The maximum Gasteiger partial charge on any atom is 0.472 e. The molecular weight excluding hydrogens is 1200 g/mol. The molecule has 0 aliphatic carbocycles. The highest BCUT2D eigenvalue weighted by Gasteiger charge is 2.30. The molecule has 0 amide bonds. The second-order valence-electron chi connectivity index (χ2n) is 26.0. The zero-order valence-corrected chi connectivity index (χ0v) is 60.6. The number of hydrogen-bond acceptors (Lipinski definition) is 15. The van der Waals surface area contributed by atoms with E-state index in [2.05, 4.69) is 27.7 Å². The average molecular weight is 1340 g/mol. The van der Waals surface area contributed by atoms with Crippen molar-refractivity contribution in [1.82, 2.24) is 0 Å². The molecule has 540 valence electrons. The molecule has 0 saturated heterocycles. The third-order valence-electron chi connectivity index (χ3n) is 16.9. The van der Waals surface area contributed by atoms with Crippen molar-refractivity contribution in [2.75, 3.05) is 39.6 Å². The van der Waals surface area contributed by atoms with Gasteiger partial charge in [-0.05, 0) is 25.7 Å². The van der Waals surface area contributed by atoms with E-state index in [1.807, 2.05) is 0 Å². The molecule has 5 atom stereocenters. The lowest BCUT2D eigenvalue weighted by molar-refractivity contribution is -0.161. The molecule has 0 aromatic heterocycles. The summed E-state index contributed by atoms with van der Waals surface area (Å²) in [7, 11) is -9.88. The van der Waals surface area contributed by atoms with Crippen molar-refractivity contribution >= 4 is 39.5 Å². The first-order chi connectivity index (χ1) is 44.2. The van der Waals surface area contributed by atoms with Crippen LogP contribution in [0.3, 0.4) is 0 Å². The molecule has 19 heteroatoms. The van der Waals surface area contributed by atoms with Crippen molar-refractivity contribution in [2.45, 2.75) is 399 Å². The van der Waals surface area contributed by atoms with E-state index in [1.54, 1.807) is 0 Å². The Bertz CT molecular complexity index is 1740. The Morgan fingerprint density at radius 1 is 0.264 bits per heavy atom. The summed E-state index contributed by atoms with van der Waals surface area (Å²) in [5, 5.41) is 10.5. The number of phosphoric acid groups is 2. The minimum atomic E-state index is -4.95. The lowest BCUT2D eigenvalue weighted by atomic mass is 10.0. The molecular formula is C72H140O17P2. The minimum absolute atomic E-state index is 0.103. The van der Waals surface area contributed by atoms with Crippen molar-refractivity contribution in [3.05, 3.63) is 0 Å². The number of carbonyl (C=O) groups is 4. The Labute approximate surface area is 556 Å². The van der Waals surface area contributed by atoms with Crippen LogP contribution in [-0.2, 0) is 65.4 Å². The zero-order chi connectivity index (χ0) is 66.8. The fourth-order valence-electron chi connectivity index (χ4n) is 11.0. The van der Waals surface area contributed by atoms with Gasteiger partial charge in [0.2, 0.25) is 0 Å². The van der Waals surface area contributed by atoms with E-state index in [9.17, 15) is 43.2 Å². The van der Waals surface area contributed by atoms with Gasteiger partial charge in [-0.3, -0.25) is 37.3 Å². The molecule has 0 aromatic carbocycles. The molecule has 0 bridgehead atoms. The van der Waals surface area contributed by atoms with Gasteiger partial charge in [0.15, 0.2) is 12.2 Å². The number of hydrogen-bond donors (Lipinski definition) is 3. The predicted molar refractivity (Wildman–Crippen MR) is 368 cm³/mol. The van der Waals surface area contributed by atoms with Crippen LogP contribution in [0.5, 0.6) is 0 Å². The van der Waals surface area contributed by atoms with Gasteiger partial charge >= 0.3 is 39.5 Å². The summed E-state index contributed by atoms with van der Waals surface area (Å²) >= 11 is 0. The summed E-state index contributed by atoms with van der Waals surface area (Å²) in [6, 6.07) is 0. The standard InChI is InChI=1S/C72H140O17P2/c1-5-9-13-17-20-22-24-26-28-30-32-33-34-36-38-40-42-44-47-51-55-59-72(77)89-68(63-83-70(75)57-53-49-46-43-41-39-37-35-31-29-27-25-23-21-18-14-10-6-2)65-87-91(80,81)85-61-66(73)60-84-90(78,79)86-64-67(62-82-69(74)56-52-48-16-12-8-4)88-71(76)58-54-50-45-19-15-11-7-3/h66-68,73H,5-65H2,1-4H3,(H,78,79)(H,80,81)/t66-,67+,68+/m0/s1. The number of ether oxygens (including phenoxy) is 4. The normalized spacial score (nSPS) is 14.0. The smallest absolute Gasteiger partial charge is 0.462 e. The molecule has 91 heavy (non-hydrogen) atoms. The van der Waals surface area contributed by atoms with Gasteiger partial charge in [0.1, 0.15) is 19.3 Å². The third kappa shape index (κ3) is 66.5. The molecule has 2 unspecified atom stereocenters. The topological polar surface area (TPSA) is 237 Å². The first kappa shape index (κ1) is 89.1. The molecule has 0 aliphatic heterocycles. The van der Waals surface area contributed by atoms with Crippen molar-refractivity contribution in [2.24, 2.45) is 0 Å². The van der Waals surface area contributed by atoms with E-state index in [0.717, 1.165) is 109 Å². The predicted octanol–water partition coefficient (Wildman–Crippen LogP) is 21.1. The van der Waals surface area contributed by atoms with Crippen LogP contribution in [0.4, 0.5) is 0 Å². The van der Waals surface area contributed by atoms with Gasteiger partial charge in [0, 0.05) is 25.7 Å². The van der Waals surface area contributed by atoms with Crippen LogP contribution in [0, 0.1) is 0 Å². The monoisotopic (exact) mass is 1340 g/mol. The molecule has 0 fully saturated rings. The fraction of sp³-hybridized carbons (Fsp3) is 0.944. The number of phosphoric ester groups is 2. The third-order valence-corrected chi connectivity index (χ3v) is 18.8. The number of unbranched alkanes of at least 4 members (excludes halogenated alkanes) is 47. The van der Waals surface area contributed by atoms with E-state index in [0.29, 0.717) is 25.7 Å². The van der Waals surface area contributed by atoms with Gasteiger partial charge < -0.3 is 33.8 Å². The van der Waals surface area contributed by atoms with Crippen molar-refractivity contribution in [3.63, 3.8) is 0 Å². The van der Waals surface area contributed by atoms with Crippen molar-refractivity contribution in [3.8, 4) is 0 Å². The Balaban J connectivity index is 5.07. The van der Waals surface area contributed by atoms with Crippen LogP contribution in [0.15, 0.2) is 0 Å². The summed E-state index contributed by atoms with van der Waals surface area (Å²) in [6.07, 6.45) is 56.3. The van der Waals surface area contributed by atoms with Gasteiger partial charge in [-0.2, -0.15) is 0 Å². The summed E-state index contributed by atoms with van der Waals surface area (Å²) in [4.78, 5) is 72.1. The largest absolute Gasteiger partial charge is 0.472 e. The zero-order valence-electron chi connectivity index (χ0n) is 58.8. The lowest BCUT2D eigenvalue weighted by Crippen LogP contribution is -2.30. The molecule has 17 nitrogen and oxygen atoms in total. The second-order valence-corrected chi connectivity index (χ2v) is 28.9. The Morgan fingerprint density at radius 2 is 0.440 bits per heavy atom. The van der Waals surface area contributed by atoms with E-state index in [-0.39, 0.29) is 25.7 Å². The average Bonchev–Trinajstić information content (AvgIpc) is 3.74. The van der Waals surface area contributed by atoms with Crippen LogP contribution in [0.1, 0.15) is 381 Å². The van der Waals surface area contributed by atoms with Crippen LogP contribution in [0.2, 0.25) is 0 Å². The number of carbonyl (C=O) groups excluding carboxylic acids is 4. The first-order valence-electron chi connectivity index (χ1n) is 37.8. The van der Waals surface area contributed by atoms with Gasteiger partial charge in [-0.25, -0.2) is 9.13 Å². The highest BCUT2D eigenvalue weighted by Crippen LogP contribution is 2.45. The number of rotatable bonds is 73. The molecule has 3 N–H and O–H groups in total. The first-order valence-corrected chi connectivity index (χ1v) is 40.8. The highest BCUT2D eigenvalue weighted by molar-refractivity contribution is 7.47. The Morgan fingerprint density at radius 3 is 0.648 bits per heavy atom.